The van der Waals surface area contributed by atoms with Crippen molar-refractivity contribution in [3.8, 4) is 23.3 Å². The molecule has 3 saturated heterocycles. The SMILES string of the molecule is C[C@@H]1[C@H](N2CCCc3nc(-c4ccc(F)c5sc(N)c(C#N)c45)c(F)c4nc(OC[C@@]56CCCN5C[C@H](F)C6)nc2c34)CCN1C(=O)n1cnc(Cl)n1. The predicted octanol–water partition coefficient (Wildman–Crippen LogP) is 5.72. The molecule has 5 aromatic rings. The number of pyridine rings is 1. The highest BCUT2D eigenvalue weighted by atomic mass is 35.5. The number of fused-ring (bicyclic) bond motifs is 2. The first-order valence-corrected chi connectivity index (χ1v) is 18.7. The number of hydrogen-bond acceptors (Lipinski definition) is 12. The largest absolute Gasteiger partial charge is 0.461 e. The van der Waals surface area contributed by atoms with Crippen molar-refractivity contribution in [1.29, 1.82) is 5.26 Å². The third kappa shape index (κ3) is 5.36. The van der Waals surface area contributed by atoms with E-state index in [1.807, 2.05) is 6.92 Å². The van der Waals surface area contributed by atoms with Crippen LogP contribution in [0.4, 0.5) is 28.8 Å². The molecule has 0 bridgehead atoms. The van der Waals surface area contributed by atoms with Crippen molar-refractivity contribution in [2.24, 2.45) is 0 Å². The zero-order chi connectivity index (χ0) is 36.8. The average molecular weight is 764 g/mol. The van der Waals surface area contributed by atoms with Gasteiger partial charge in [0.1, 0.15) is 53.0 Å². The highest BCUT2D eigenvalue weighted by molar-refractivity contribution is 7.23. The van der Waals surface area contributed by atoms with Crippen LogP contribution in [0.2, 0.25) is 5.28 Å². The Hall–Kier alpha value is -4.79. The zero-order valence-corrected chi connectivity index (χ0v) is 30.1. The molecule has 1 amide bonds. The lowest BCUT2D eigenvalue weighted by Crippen LogP contribution is -2.47. The Balaban J connectivity index is 1.18. The summed E-state index contributed by atoms with van der Waals surface area (Å²) in [7, 11) is 0. The molecule has 0 spiro atoms. The number of likely N-dealkylation sites (tertiary alicyclic amines) is 1. The van der Waals surface area contributed by atoms with Crippen molar-refractivity contribution in [3.05, 3.63) is 46.6 Å². The number of amides is 1. The fraction of sp³-hybridized carbons (Fsp3) is 0.457. The van der Waals surface area contributed by atoms with Crippen LogP contribution in [-0.4, -0.2) is 102 Å². The molecule has 13 nitrogen and oxygen atoms in total. The Kier molecular flexibility index (Phi) is 8.13. The number of carbonyl (C=O) groups is 1. The first kappa shape index (κ1) is 34.0. The molecule has 0 radical (unpaired) electrons. The summed E-state index contributed by atoms with van der Waals surface area (Å²) in [6.45, 7) is 4.11. The monoisotopic (exact) mass is 763 g/mol. The van der Waals surface area contributed by atoms with Crippen LogP contribution >= 0.6 is 22.9 Å². The van der Waals surface area contributed by atoms with E-state index in [4.69, 9.17) is 32.0 Å². The number of carbonyl (C=O) groups excluding carboxylic acids is 1. The van der Waals surface area contributed by atoms with Crippen molar-refractivity contribution < 1.29 is 22.7 Å². The summed E-state index contributed by atoms with van der Waals surface area (Å²) in [5, 5.41) is 14.6. The number of nitrogen functional groups attached to an aromatic ring is 1. The van der Waals surface area contributed by atoms with Crippen LogP contribution in [0.3, 0.4) is 0 Å². The van der Waals surface area contributed by atoms with E-state index in [2.05, 4.69) is 30.9 Å². The van der Waals surface area contributed by atoms with E-state index in [9.17, 15) is 14.4 Å². The maximum absolute atomic E-state index is 17.2. The quantitative estimate of drug-likeness (QED) is 0.234. The molecule has 4 aromatic heterocycles. The van der Waals surface area contributed by atoms with E-state index < -0.39 is 23.3 Å². The Morgan fingerprint density at radius 3 is 2.83 bits per heavy atom. The smallest absolute Gasteiger partial charge is 0.346 e. The lowest BCUT2D eigenvalue weighted by molar-refractivity contribution is 0.107. The van der Waals surface area contributed by atoms with Gasteiger partial charge in [0.15, 0.2) is 5.82 Å². The number of aromatic nitrogens is 6. The maximum Gasteiger partial charge on any atom is 0.346 e. The molecule has 2 N–H and O–H groups in total. The molecule has 4 atom stereocenters. The standard InChI is InChI=1S/C35H33ClF3N11O2S/c1-17-23(7-11-48(17)34(51)50-16-42-32(36)46-50)49-10-2-4-22-25-28(44-33(45-31(25)49)52-15-35-8-3-9-47(35)14-18(37)12-35)26(39)27(43-22)19-5-6-21(38)29-24(19)20(13-40)30(41)53-29/h5-6,16-18,23H,2-4,7-12,14-15,41H2,1H3/t17-,18-,23-,35+/m1/s1. The highest BCUT2D eigenvalue weighted by Gasteiger charge is 2.49. The number of halogens is 4. The molecule has 0 unspecified atom stereocenters. The van der Waals surface area contributed by atoms with E-state index in [1.54, 1.807) is 4.90 Å². The molecule has 3 fully saturated rings. The molecule has 0 saturated carbocycles. The maximum atomic E-state index is 17.2. The molecule has 4 aliphatic heterocycles. The Labute approximate surface area is 310 Å². The van der Waals surface area contributed by atoms with E-state index >= 15 is 8.78 Å². The topological polar surface area (TPSA) is 155 Å². The minimum atomic E-state index is -0.967. The minimum absolute atomic E-state index is 0.0386. The molecule has 0 aliphatic carbocycles. The van der Waals surface area contributed by atoms with Crippen molar-refractivity contribution >= 4 is 60.8 Å². The predicted molar refractivity (Wildman–Crippen MR) is 192 cm³/mol. The average Bonchev–Trinajstić information content (AvgIpc) is 3.94. The second kappa shape index (κ2) is 12.7. The highest BCUT2D eigenvalue weighted by Crippen LogP contribution is 2.45. The summed E-state index contributed by atoms with van der Waals surface area (Å²) < 4.78 is 54.5. The lowest BCUT2D eigenvalue weighted by atomic mass is 9.95. The second-order valence-corrected chi connectivity index (χ2v) is 15.6. The van der Waals surface area contributed by atoms with Crippen LogP contribution in [0.25, 0.3) is 32.2 Å². The Morgan fingerprint density at radius 2 is 2.04 bits per heavy atom. The van der Waals surface area contributed by atoms with Crippen molar-refractivity contribution in [2.45, 2.75) is 69.2 Å². The molecule has 9 rings (SSSR count). The van der Waals surface area contributed by atoms with Crippen LogP contribution in [-0.2, 0) is 6.42 Å². The van der Waals surface area contributed by atoms with E-state index in [-0.39, 0.29) is 73.4 Å². The van der Waals surface area contributed by atoms with Crippen LogP contribution in [0.5, 0.6) is 6.01 Å². The Bertz CT molecular complexity index is 2370. The Morgan fingerprint density at radius 1 is 1.19 bits per heavy atom. The first-order chi connectivity index (χ1) is 25.6. The molecule has 18 heteroatoms. The number of alkyl halides is 1. The first-order valence-electron chi connectivity index (χ1n) is 17.5. The molecular weight excluding hydrogens is 731 g/mol. The fourth-order valence-corrected chi connectivity index (χ4v) is 9.98. The van der Waals surface area contributed by atoms with Crippen LogP contribution in [0, 0.1) is 23.0 Å². The van der Waals surface area contributed by atoms with Crippen molar-refractivity contribution in [1.82, 2.24) is 39.5 Å². The summed E-state index contributed by atoms with van der Waals surface area (Å²) in [5.41, 5.74) is 6.29. The zero-order valence-electron chi connectivity index (χ0n) is 28.5. The number of aryl methyl sites for hydroxylation is 1. The van der Waals surface area contributed by atoms with Gasteiger partial charge in [-0.25, -0.2) is 27.9 Å². The van der Waals surface area contributed by atoms with Crippen molar-refractivity contribution in [3.63, 3.8) is 0 Å². The number of ether oxygens (including phenoxy) is 1. The van der Waals surface area contributed by atoms with Gasteiger partial charge in [0.2, 0.25) is 5.28 Å². The van der Waals surface area contributed by atoms with Gasteiger partial charge in [0, 0.05) is 37.0 Å². The van der Waals surface area contributed by atoms with Gasteiger partial charge in [0.25, 0.3) is 0 Å². The number of benzene rings is 1. The number of rotatable bonds is 5. The van der Waals surface area contributed by atoms with Gasteiger partial charge in [-0.3, -0.25) is 4.90 Å². The summed E-state index contributed by atoms with van der Waals surface area (Å²) in [6, 6.07) is 3.69. The number of anilines is 2. The van der Waals surface area contributed by atoms with Crippen LogP contribution < -0.4 is 15.4 Å². The molecular formula is C35H33ClF3N11O2S. The van der Waals surface area contributed by atoms with Gasteiger partial charge >= 0.3 is 12.0 Å². The fourth-order valence-electron chi connectivity index (χ4n) is 8.90. The summed E-state index contributed by atoms with van der Waals surface area (Å²) in [5.74, 6) is -0.946. The van der Waals surface area contributed by atoms with E-state index in [1.165, 1.54) is 18.5 Å². The number of nitrogens with zero attached hydrogens (tertiary/aromatic N) is 10. The number of thiophene rings is 1. The van der Waals surface area contributed by atoms with E-state index in [0.717, 1.165) is 35.4 Å². The van der Waals surface area contributed by atoms with E-state index in [0.29, 0.717) is 62.2 Å². The van der Waals surface area contributed by atoms with Gasteiger partial charge in [-0.2, -0.15) is 19.9 Å². The van der Waals surface area contributed by atoms with Crippen LogP contribution in [0.1, 0.15) is 50.3 Å². The van der Waals surface area contributed by atoms with Gasteiger partial charge in [0.05, 0.1) is 39.0 Å². The number of nitrogens with two attached hydrogens (primary N) is 1. The van der Waals surface area contributed by atoms with Crippen molar-refractivity contribution in [2.75, 3.05) is 43.4 Å². The minimum Gasteiger partial charge on any atom is -0.461 e. The summed E-state index contributed by atoms with van der Waals surface area (Å²) >= 11 is 6.82. The number of hydrogen-bond donors (Lipinski definition) is 1. The van der Waals surface area contributed by atoms with Crippen LogP contribution in [0.15, 0.2) is 18.5 Å². The second-order valence-electron chi connectivity index (χ2n) is 14.2. The molecule has 274 valence electrons. The van der Waals surface area contributed by atoms with Gasteiger partial charge in [-0.05, 0) is 69.3 Å². The van der Waals surface area contributed by atoms with Gasteiger partial charge in [-0.1, -0.05) is 0 Å². The third-order valence-corrected chi connectivity index (χ3v) is 12.5. The molecule has 8 heterocycles. The third-order valence-electron chi connectivity index (χ3n) is 11.3. The normalized spacial score (nSPS) is 24.3. The lowest BCUT2D eigenvalue weighted by Gasteiger charge is -2.34. The molecule has 1 aromatic carbocycles. The summed E-state index contributed by atoms with van der Waals surface area (Å²) in [4.78, 5) is 37.6. The number of nitriles is 1. The summed E-state index contributed by atoms with van der Waals surface area (Å²) in [6.07, 6.45) is 3.95. The molecule has 4 aliphatic rings. The van der Waals surface area contributed by atoms with Gasteiger partial charge < -0.3 is 20.3 Å². The molecule has 53 heavy (non-hydrogen) atoms. The van der Waals surface area contributed by atoms with Gasteiger partial charge in [-0.15, -0.1) is 16.4 Å².